The van der Waals surface area contributed by atoms with E-state index >= 15 is 0 Å². The maximum atomic E-state index is 11.6. The van der Waals surface area contributed by atoms with Crippen molar-refractivity contribution < 1.29 is 14.3 Å². The van der Waals surface area contributed by atoms with Crippen molar-refractivity contribution in [3.63, 3.8) is 0 Å². The number of pyridine rings is 1. The summed E-state index contributed by atoms with van der Waals surface area (Å²) in [6.45, 7) is 1.48. The lowest BCUT2D eigenvalue weighted by molar-refractivity contribution is -0.119. The molecule has 0 atom stereocenters. The summed E-state index contributed by atoms with van der Waals surface area (Å²) in [5, 5.41) is 0.529. The van der Waals surface area contributed by atoms with Gasteiger partial charge in [0.05, 0.1) is 24.8 Å². The first-order valence-corrected chi connectivity index (χ1v) is 5.78. The molecule has 0 saturated heterocycles. The van der Waals surface area contributed by atoms with E-state index in [4.69, 9.17) is 21.1 Å². The van der Waals surface area contributed by atoms with Crippen molar-refractivity contribution in [1.29, 1.82) is 0 Å². The number of carbonyl (C=O) groups is 1. The summed E-state index contributed by atoms with van der Waals surface area (Å²) in [6.07, 6.45) is 3.89. The molecule has 0 spiro atoms. The molecule has 1 rings (SSSR count). The lowest BCUT2D eigenvalue weighted by Crippen LogP contribution is -2.10. The van der Waals surface area contributed by atoms with Gasteiger partial charge < -0.3 is 9.47 Å². The second kappa shape index (κ2) is 8.17. The molecule has 0 aromatic carbocycles. The molecule has 0 aliphatic rings. The fraction of sp³-hybridized carbons (Fsp3) is 0.500. The van der Waals surface area contributed by atoms with Crippen LogP contribution in [0, 0.1) is 0 Å². The Labute approximate surface area is 106 Å². The highest BCUT2D eigenvalue weighted by Gasteiger charge is 2.06. The number of ether oxygens (including phenoxy) is 2. The number of carbonyl (C=O) groups excluding carboxylic acids is 1. The van der Waals surface area contributed by atoms with Crippen LogP contribution >= 0.6 is 11.6 Å². The molecule has 4 nitrogen and oxygen atoms in total. The molecule has 0 N–H and O–H groups in total. The smallest absolute Gasteiger partial charge is 0.139 e. The van der Waals surface area contributed by atoms with Gasteiger partial charge in [0.1, 0.15) is 5.78 Å². The van der Waals surface area contributed by atoms with Gasteiger partial charge in [-0.15, -0.1) is 0 Å². The van der Waals surface area contributed by atoms with Crippen LogP contribution in [0.3, 0.4) is 0 Å². The Morgan fingerprint density at radius 3 is 2.94 bits per heavy atom. The second-order valence-electron chi connectivity index (χ2n) is 3.54. The zero-order chi connectivity index (χ0) is 12.5. The molecule has 0 amide bonds. The number of hydrogen-bond donors (Lipinski definition) is 0. The van der Waals surface area contributed by atoms with Crippen molar-refractivity contribution in [1.82, 2.24) is 4.98 Å². The summed E-state index contributed by atoms with van der Waals surface area (Å²) in [4.78, 5) is 15.5. The van der Waals surface area contributed by atoms with E-state index < -0.39 is 0 Å². The molecule has 1 aromatic heterocycles. The average Bonchev–Trinajstić information content (AvgIpc) is 2.32. The van der Waals surface area contributed by atoms with Crippen LogP contribution in [0.25, 0.3) is 0 Å². The topological polar surface area (TPSA) is 48.4 Å². The van der Waals surface area contributed by atoms with Gasteiger partial charge in [-0.05, 0) is 11.6 Å². The van der Waals surface area contributed by atoms with Gasteiger partial charge in [-0.3, -0.25) is 9.78 Å². The highest BCUT2D eigenvalue weighted by molar-refractivity contribution is 6.31. The molecule has 94 valence electrons. The summed E-state index contributed by atoms with van der Waals surface area (Å²) >= 11 is 5.91. The van der Waals surface area contributed by atoms with Crippen LogP contribution in [0.2, 0.25) is 5.02 Å². The summed E-state index contributed by atoms with van der Waals surface area (Å²) < 4.78 is 10.0. The number of methoxy groups -OCH3 is 1. The first-order valence-electron chi connectivity index (χ1n) is 5.41. The lowest BCUT2D eigenvalue weighted by atomic mass is 10.1. The van der Waals surface area contributed by atoms with Gasteiger partial charge in [0.15, 0.2) is 0 Å². The first-order chi connectivity index (χ1) is 8.24. The van der Waals surface area contributed by atoms with E-state index in [2.05, 4.69) is 4.98 Å². The standard InChI is InChI=1S/C12H16ClNO3/c1-16-6-7-17-5-3-11(15)8-10-2-4-14-9-12(10)13/h2,4,9H,3,5-8H2,1H3. The minimum atomic E-state index is 0.107. The van der Waals surface area contributed by atoms with Crippen molar-refractivity contribution >= 4 is 17.4 Å². The molecule has 0 fully saturated rings. The van der Waals surface area contributed by atoms with E-state index in [-0.39, 0.29) is 5.78 Å². The molecule has 5 heteroatoms. The quantitative estimate of drug-likeness (QED) is 0.668. The van der Waals surface area contributed by atoms with Gasteiger partial charge in [0.2, 0.25) is 0 Å². The summed E-state index contributed by atoms with van der Waals surface area (Å²) in [5.41, 5.74) is 0.809. The Morgan fingerprint density at radius 1 is 1.41 bits per heavy atom. The van der Waals surface area contributed by atoms with E-state index in [1.165, 1.54) is 0 Å². The third-order valence-electron chi connectivity index (χ3n) is 2.20. The van der Waals surface area contributed by atoms with Crippen LogP contribution < -0.4 is 0 Å². The van der Waals surface area contributed by atoms with E-state index in [1.807, 2.05) is 0 Å². The number of hydrogen-bond acceptors (Lipinski definition) is 4. The number of ketones is 1. The number of rotatable bonds is 8. The third-order valence-corrected chi connectivity index (χ3v) is 2.54. The SMILES string of the molecule is COCCOCCC(=O)Cc1ccncc1Cl. The molecule has 0 aliphatic heterocycles. The lowest BCUT2D eigenvalue weighted by Gasteiger charge is -2.04. The zero-order valence-electron chi connectivity index (χ0n) is 9.82. The molecule has 17 heavy (non-hydrogen) atoms. The Bertz CT molecular complexity index is 357. The minimum Gasteiger partial charge on any atom is -0.382 e. The molecule has 0 radical (unpaired) electrons. The Morgan fingerprint density at radius 2 is 2.24 bits per heavy atom. The first kappa shape index (κ1) is 14.1. The predicted octanol–water partition coefficient (Wildman–Crippen LogP) is 1.90. The van der Waals surface area contributed by atoms with Crippen molar-refractivity contribution in [3.8, 4) is 0 Å². The van der Waals surface area contributed by atoms with Crippen LogP contribution in [0.15, 0.2) is 18.5 Å². The summed E-state index contributed by atoms with van der Waals surface area (Å²) in [7, 11) is 1.61. The Balaban J connectivity index is 2.23. The maximum Gasteiger partial charge on any atom is 0.139 e. The van der Waals surface area contributed by atoms with Gasteiger partial charge in [0, 0.05) is 32.3 Å². The van der Waals surface area contributed by atoms with Gasteiger partial charge in [0.25, 0.3) is 0 Å². The van der Waals surface area contributed by atoms with Gasteiger partial charge >= 0.3 is 0 Å². The van der Waals surface area contributed by atoms with Crippen LogP contribution in [0.1, 0.15) is 12.0 Å². The van der Waals surface area contributed by atoms with Crippen molar-refractivity contribution in [2.75, 3.05) is 26.9 Å². The zero-order valence-corrected chi connectivity index (χ0v) is 10.6. The van der Waals surface area contributed by atoms with E-state index in [0.29, 0.717) is 37.7 Å². The summed E-state index contributed by atoms with van der Waals surface area (Å²) in [6, 6.07) is 1.76. The molecule has 1 heterocycles. The Hall–Kier alpha value is -0.970. The normalized spacial score (nSPS) is 10.5. The number of Topliss-reactive ketones (excluding diaryl/α,β-unsaturated/α-hetero) is 1. The van der Waals surface area contributed by atoms with E-state index in [1.54, 1.807) is 25.6 Å². The molecular weight excluding hydrogens is 242 g/mol. The molecule has 1 aromatic rings. The van der Waals surface area contributed by atoms with Crippen LogP contribution in [0.4, 0.5) is 0 Å². The van der Waals surface area contributed by atoms with E-state index in [9.17, 15) is 4.79 Å². The average molecular weight is 258 g/mol. The van der Waals surface area contributed by atoms with Gasteiger partial charge in [-0.2, -0.15) is 0 Å². The fourth-order valence-corrected chi connectivity index (χ4v) is 1.46. The van der Waals surface area contributed by atoms with Crippen molar-refractivity contribution in [3.05, 3.63) is 29.0 Å². The summed E-state index contributed by atoms with van der Waals surface area (Å²) in [5.74, 6) is 0.107. The van der Waals surface area contributed by atoms with E-state index in [0.717, 1.165) is 5.56 Å². The maximum absolute atomic E-state index is 11.6. The Kier molecular flexibility index (Phi) is 6.77. The second-order valence-corrected chi connectivity index (χ2v) is 3.94. The molecule has 0 aliphatic carbocycles. The number of nitrogens with zero attached hydrogens (tertiary/aromatic N) is 1. The molecule has 0 saturated carbocycles. The molecule has 0 unspecified atom stereocenters. The van der Waals surface area contributed by atoms with Crippen LogP contribution in [0.5, 0.6) is 0 Å². The fourth-order valence-electron chi connectivity index (χ4n) is 1.28. The highest BCUT2D eigenvalue weighted by Crippen LogP contribution is 2.14. The van der Waals surface area contributed by atoms with Crippen molar-refractivity contribution in [2.45, 2.75) is 12.8 Å². The molecule has 0 bridgehead atoms. The van der Waals surface area contributed by atoms with Crippen LogP contribution in [-0.2, 0) is 20.7 Å². The van der Waals surface area contributed by atoms with Gasteiger partial charge in [-0.1, -0.05) is 11.6 Å². The van der Waals surface area contributed by atoms with Gasteiger partial charge in [-0.25, -0.2) is 0 Å². The highest BCUT2D eigenvalue weighted by atomic mass is 35.5. The predicted molar refractivity (Wildman–Crippen MR) is 65.3 cm³/mol. The van der Waals surface area contributed by atoms with Crippen molar-refractivity contribution in [2.24, 2.45) is 0 Å². The number of aromatic nitrogens is 1. The monoisotopic (exact) mass is 257 g/mol. The number of halogens is 1. The minimum absolute atomic E-state index is 0.107. The largest absolute Gasteiger partial charge is 0.382 e. The third kappa shape index (κ3) is 5.77. The van der Waals surface area contributed by atoms with Crippen LogP contribution in [-0.4, -0.2) is 37.7 Å². The molecular formula is C12H16ClNO3.